The van der Waals surface area contributed by atoms with Crippen molar-refractivity contribution in [2.24, 2.45) is 0 Å². The maximum atomic E-state index is 12.7. The molecule has 0 aromatic heterocycles. The Bertz CT molecular complexity index is 511. The summed E-state index contributed by atoms with van der Waals surface area (Å²) in [7, 11) is 0. The van der Waals surface area contributed by atoms with Crippen LogP contribution < -0.4 is 11.1 Å². The van der Waals surface area contributed by atoms with Crippen molar-refractivity contribution in [3.8, 4) is 0 Å². The van der Waals surface area contributed by atoms with E-state index in [1.807, 2.05) is 6.07 Å². The maximum absolute atomic E-state index is 12.7. The number of nitrogens with one attached hydrogen (secondary N) is 1. The lowest BCUT2D eigenvalue weighted by Crippen LogP contribution is -2.02. The molecule has 0 aliphatic carbocycles. The van der Waals surface area contributed by atoms with Gasteiger partial charge in [-0.1, -0.05) is 23.7 Å². The third-order valence-electron chi connectivity index (χ3n) is 2.41. The van der Waals surface area contributed by atoms with E-state index < -0.39 is 0 Å². The lowest BCUT2D eigenvalue weighted by Gasteiger charge is -2.09. The number of benzene rings is 2. The molecule has 2 rings (SSSR count). The molecule has 0 unspecified atom stereocenters. The zero-order valence-corrected chi connectivity index (χ0v) is 9.84. The van der Waals surface area contributed by atoms with Crippen LogP contribution in [0.15, 0.2) is 42.5 Å². The van der Waals surface area contributed by atoms with Crippen LogP contribution in [0, 0.1) is 5.82 Å². The largest absolute Gasteiger partial charge is 0.397 e. The molecule has 0 fully saturated rings. The quantitative estimate of drug-likeness (QED) is 0.816. The van der Waals surface area contributed by atoms with Crippen LogP contribution in [0.2, 0.25) is 5.02 Å². The van der Waals surface area contributed by atoms with Crippen LogP contribution in [-0.4, -0.2) is 0 Å². The lowest BCUT2D eigenvalue weighted by atomic mass is 10.2. The van der Waals surface area contributed by atoms with Crippen molar-refractivity contribution in [2.75, 3.05) is 11.1 Å². The highest BCUT2D eigenvalue weighted by Gasteiger charge is 2.00. The van der Waals surface area contributed by atoms with Crippen LogP contribution in [0.25, 0.3) is 0 Å². The molecule has 0 bridgehead atoms. The lowest BCUT2D eigenvalue weighted by molar-refractivity contribution is 0.627. The van der Waals surface area contributed by atoms with Gasteiger partial charge in [0.1, 0.15) is 5.82 Å². The smallest absolute Gasteiger partial charge is 0.123 e. The van der Waals surface area contributed by atoms with Gasteiger partial charge in [0.2, 0.25) is 0 Å². The summed E-state index contributed by atoms with van der Waals surface area (Å²) in [4.78, 5) is 0. The second-order valence-electron chi connectivity index (χ2n) is 3.71. The fraction of sp³-hybridized carbons (Fsp3) is 0.0769. The van der Waals surface area contributed by atoms with Crippen molar-refractivity contribution in [3.63, 3.8) is 0 Å². The highest BCUT2D eigenvalue weighted by molar-refractivity contribution is 6.31. The van der Waals surface area contributed by atoms with Gasteiger partial charge in [-0.25, -0.2) is 4.39 Å². The van der Waals surface area contributed by atoms with Gasteiger partial charge in [-0.15, -0.1) is 0 Å². The van der Waals surface area contributed by atoms with Crippen molar-refractivity contribution in [2.45, 2.75) is 6.54 Å². The first-order valence-corrected chi connectivity index (χ1v) is 5.56. The van der Waals surface area contributed by atoms with Gasteiger partial charge in [-0.3, -0.25) is 0 Å². The zero-order valence-electron chi connectivity index (χ0n) is 9.08. The van der Waals surface area contributed by atoms with E-state index in [1.54, 1.807) is 24.3 Å². The van der Waals surface area contributed by atoms with Crippen LogP contribution in [-0.2, 0) is 6.54 Å². The summed E-state index contributed by atoms with van der Waals surface area (Å²) >= 11 is 5.80. The molecule has 0 radical (unpaired) electrons. The van der Waals surface area contributed by atoms with E-state index >= 15 is 0 Å². The summed E-state index contributed by atoms with van der Waals surface area (Å²) in [6.07, 6.45) is 0. The van der Waals surface area contributed by atoms with Gasteiger partial charge >= 0.3 is 0 Å². The number of rotatable bonds is 3. The molecule has 0 saturated heterocycles. The minimum atomic E-state index is -0.236. The molecular formula is C13H12ClFN2. The average Bonchev–Trinajstić information content (AvgIpc) is 2.30. The number of halogens is 2. The molecule has 0 heterocycles. The molecule has 2 aromatic carbocycles. The summed E-state index contributed by atoms with van der Waals surface area (Å²) in [5, 5.41) is 3.78. The van der Waals surface area contributed by atoms with Crippen LogP contribution >= 0.6 is 11.6 Å². The Hall–Kier alpha value is -1.74. The van der Waals surface area contributed by atoms with E-state index in [9.17, 15) is 4.39 Å². The average molecular weight is 251 g/mol. The number of hydrogen-bond donors (Lipinski definition) is 2. The first kappa shape index (κ1) is 11.7. The molecule has 2 nitrogen and oxygen atoms in total. The molecule has 0 aliphatic rings. The molecule has 0 spiro atoms. The van der Waals surface area contributed by atoms with E-state index in [4.69, 9.17) is 17.3 Å². The zero-order chi connectivity index (χ0) is 12.3. The SMILES string of the molecule is Nc1cc(Cl)ccc1NCc1ccc(F)cc1. The molecule has 88 valence electrons. The van der Waals surface area contributed by atoms with Crippen LogP contribution in [0.5, 0.6) is 0 Å². The second kappa shape index (κ2) is 5.06. The molecule has 3 N–H and O–H groups in total. The van der Waals surface area contributed by atoms with E-state index in [-0.39, 0.29) is 5.82 Å². The molecule has 0 saturated carbocycles. The fourth-order valence-corrected chi connectivity index (χ4v) is 1.67. The minimum Gasteiger partial charge on any atom is -0.397 e. The van der Waals surface area contributed by atoms with Crippen LogP contribution in [0.4, 0.5) is 15.8 Å². The van der Waals surface area contributed by atoms with E-state index in [0.29, 0.717) is 17.3 Å². The summed E-state index contributed by atoms with van der Waals surface area (Å²) in [5.41, 5.74) is 8.20. The first-order chi connectivity index (χ1) is 8.15. The molecule has 0 atom stereocenters. The minimum absolute atomic E-state index is 0.236. The highest BCUT2D eigenvalue weighted by Crippen LogP contribution is 2.23. The van der Waals surface area contributed by atoms with Gasteiger partial charge in [-0.2, -0.15) is 0 Å². The van der Waals surface area contributed by atoms with E-state index in [2.05, 4.69) is 5.32 Å². The Morgan fingerprint density at radius 1 is 1.12 bits per heavy atom. The number of anilines is 2. The topological polar surface area (TPSA) is 38.0 Å². The fourth-order valence-electron chi connectivity index (χ4n) is 1.49. The van der Waals surface area contributed by atoms with Crippen molar-refractivity contribution in [1.82, 2.24) is 0 Å². The van der Waals surface area contributed by atoms with Gasteiger partial charge in [0.25, 0.3) is 0 Å². The van der Waals surface area contributed by atoms with Gasteiger partial charge in [0.05, 0.1) is 11.4 Å². The Morgan fingerprint density at radius 2 is 1.82 bits per heavy atom. The Morgan fingerprint density at radius 3 is 2.47 bits per heavy atom. The van der Waals surface area contributed by atoms with E-state index in [0.717, 1.165) is 11.3 Å². The van der Waals surface area contributed by atoms with Gasteiger partial charge < -0.3 is 11.1 Å². The summed E-state index contributed by atoms with van der Waals surface area (Å²) < 4.78 is 12.7. The van der Waals surface area contributed by atoms with Crippen molar-refractivity contribution < 1.29 is 4.39 Å². The van der Waals surface area contributed by atoms with E-state index in [1.165, 1.54) is 12.1 Å². The molecule has 0 aliphatic heterocycles. The molecule has 4 heteroatoms. The Balaban J connectivity index is 2.04. The Kier molecular flexibility index (Phi) is 3.49. The summed E-state index contributed by atoms with van der Waals surface area (Å²) in [6.45, 7) is 0.589. The molecular weight excluding hydrogens is 239 g/mol. The van der Waals surface area contributed by atoms with Crippen LogP contribution in [0.1, 0.15) is 5.56 Å². The third kappa shape index (κ3) is 3.11. The standard InChI is InChI=1S/C13H12ClFN2/c14-10-3-6-13(12(16)7-10)17-8-9-1-4-11(15)5-2-9/h1-7,17H,8,16H2. The molecule has 2 aromatic rings. The molecule has 17 heavy (non-hydrogen) atoms. The predicted octanol–water partition coefficient (Wildman–Crippen LogP) is 3.67. The van der Waals surface area contributed by atoms with Crippen molar-refractivity contribution in [1.29, 1.82) is 0 Å². The van der Waals surface area contributed by atoms with Gasteiger partial charge in [0, 0.05) is 11.6 Å². The first-order valence-electron chi connectivity index (χ1n) is 5.18. The third-order valence-corrected chi connectivity index (χ3v) is 2.64. The number of nitrogens with two attached hydrogens (primary N) is 1. The normalized spacial score (nSPS) is 10.2. The molecule has 0 amide bonds. The van der Waals surface area contributed by atoms with Gasteiger partial charge in [0.15, 0.2) is 0 Å². The number of hydrogen-bond acceptors (Lipinski definition) is 2. The Labute approximate surface area is 104 Å². The van der Waals surface area contributed by atoms with Crippen molar-refractivity contribution in [3.05, 3.63) is 58.9 Å². The van der Waals surface area contributed by atoms with Crippen molar-refractivity contribution >= 4 is 23.0 Å². The van der Waals surface area contributed by atoms with Gasteiger partial charge in [-0.05, 0) is 35.9 Å². The maximum Gasteiger partial charge on any atom is 0.123 e. The summed E-state index contributed by atoms with van der Waals surface area (Å²) in [5.74, 6) is -0.236. The number of nitrogen functional groups attached to an aromatic ring is 1. The summed E-state index contributed by atoms with van der Waals surface area (Å²) in [6, 6.07) is 11.6. The highest BCUT2D eigenvalue weighted by atomic mass is 35.5. The second-order valence-corrected chi connectivity index (χ2v) is 4.15. The van der Waals surface area contributed by atoms with Crippen LogP contribution in [0.3, 0.4) is 0 Å². The monoisotopic (exact) mass is 250 g/mol. The predicted molar refractivity (Wildman–Crippen MR) is 69.6 cm³/mol.